The summed E-state index contributed by atoms with van der Waals surface area (Å²) >= 11 is 7.50. The summed E-state index contributed by atoms with van der Waals surface area (Å²) < 4.78 is 0.816. The van der Waals surface area contributed by atoms with Crippen LogP contribution in [0, 0.1) is 0 Å². The van der Waals surface area contributed by atoms with Crippen molar-refractivity contribution in [3.8, 4) is 0 Å². The van der Waals surface area contributed by atoms with Gasteiger partial charge in [0.2, 0.25) is 0 Å². The molecular formula is C9H10BrNO2S. The van der Waals surface area contributed by atoms with E-state index in [4.69, 9.17) is 10.8 Å². The standard InChI is InChI=1S/C9H10BrNO2S/c10-6-4-2-1-3-5(6)8(14)7(11)9(12)13/h1-4,7-8,14H,11H2,(H,12,13). The minimum atomic E-state index is -1.05. The summed E-state index contributed by atoms with van der Waals surface area (Å²) in [5.74, 6) is -1.05. The largest absolute Gasteiger partial charge is 0.480 e. The van der Waals surface area contributed by atoms with E-state index in [1.165, 1.54) is 0 Å². The Morgan fingerprint density at radius 3 is 2.57 bits per heavy atom. The van der Waals surface area contributed by atoms with E-state index in [-0.39, 0.29) is 0 Å². The van der Waals surface area contributed by atoms with Crippen LogP contribution in [-0.4, -0.2) is 17.1 Å². The smallest absolute Gasteiger partial charge is 0.321 e. The Morgan fingerprint density at radius 2 is 2.07 bits per heavy atom. The highest BCUT2D eigenvalue weighted by Gasteiger charge is 2.23. The number of hydrogen-bond acceptors (Lipinski definition) is 3. The Hall–Kier alpha value is -0.520. The number of rotatable bonds is 3. The van der Waals surface area contributed by atoms with Gasteiger partial charge in [-0.2, -0.15) is 12.6 Å². The van der Waals surface area contributed by atoms with Crippen LogP contribution in [-0.2, 0) is 4.79 Å². The molecule has 5 heteroatoms. The van der Waals surface area contributed by atoms with E-state index in [2.05, 4.69) is 28.6 Å². The van der Waals surface area contributed by atoms with Gasteiger partial charge in [-0.3, -0.25) is 4.79 Å². The molecule has 76 valence electrons. The number of aliphatic carboxylic acids is 1. The Labute approximate surface area is 95.8 Å². The molecule has 0 radical (unpaired) electrons. The number of carboxylic acid groups (broad SMARTS) is 1. The van der Waals surface area contributed by atoms with E-state index < -0.39 is 17.3 Å². The summed E-state index contributed by atoms with van der Waals surface area (Å²) in [6.45, 7) is 0. The topological polar surface area (TPSA) is 63.3 Å². The third-order valence-electron chi connectivity index (χ3n) is 1.85. The van der Waals surface area contributed by atoms with Crippen LogP contribution in [0.15, 0.2) is 28.7 Å². The van der Waals surface area contributed by atoms with Gasteiger partial charge in [0.25, 0.3) is 0 Å². The number of halogens is 1. The third kappa shape index (κ3) is 2.50. The molecule has 3 N–H and O–H groups in total. The zero-order chi connectivity index (χ0) is 10.7. The predicted octanol–water partition coefficient (Wildman–Crippen LogP) is 1.83. The first kappa shape index (κ1) is 11.6. The van der Waals surface area contributed by atoms with Crippen LogP contribution >= 0.6 is 28.6 Å². The first-order valence-corrected chi connectivity index (χ1v) is 5.26. The van der Waals surface area contributed by atoms with Gasteiger partial charge in [-0.25, -0.2) is 0 Å². The average molecular weight is 276 g/mol. The summed E-state index contributed by atoms with van der Waals surface area (Å²) in [4.78, 5) is 10.6. The second-order valence-corrected chi connectivity index (χ2v) is 4.24. The van der Waals surface area contributed by atoms with Crippen LogP contribution in [0.25, 0.3) is 0 Å². The molecule has 0 spiro atoms. The molecule has 0 aromatic heterocycles. The van der Waals surface area contributed by atoms with Gasteiger partial charge in [-0.1, -0.05) is 34.1 Å². The van der Waals surface area contributed by atoms with Gasteiger partial charge < -0.3 is 10.8 Å². The number of carboxylic acids is 1. The minimum absolute atomic E-state index is 0.511. The van der Waals surface area contributed by atoms with Crippen molar-refractivity contribution in [3.63, 3.8) is 0 Å². The SMILES string of the molecule is NC(C(=O)O)C(S)c1ccccc1Br. The first-order valence-electron chi connectivity index (χ1n) is 3.95. The molecule has 0 aliphatic rings. The molecule has 1 aromatic rings. The maximum atomic E-state index is 10.6. The van der Waals surface area contributed by atoms with Gasteiger partial charge in [0.1, 0.15) is 6.04 Å². The fourth-order valence-electron chi connectivity index (χ4n) is 1.04. The van der Waals surface area contributed by atoms with Crippen molar-refractivity contribution in [3.05, 3.63) is 34.3 Å². The Morgan fingerprint density at radius 1 is 1.50 bits per heavy atom. The number of hydrogen-bond donors (Lipinski definition) is 3. The van der Waals surface area contributed by atoms with E-state index in [9.17, 15) is 4.79 Å². The van der Waals surface area contributed by atoms with Gasteiger partial charge in [0.05, 0.1) is 5.25 Å². The number of nitrogens with two attached hydrogens (primary N) is 1. The minimum Gasteiger partial charge on any atom is -0.480 e. The lowest BCUT2D eigenvalue weighted by molar-refractivity contribution is -0.138. The third-order valence-corrected chi connectivity index (χ3v) is 3.17. The van der Waals surface area contributed by atoms with E-state index >= 15 is 0 Å². The quantitative estimate of drug-likeness (QED) is 0.738. The van der Waals surface area contributed by atoms with E-state index in [1.54, 1.807) is 6.07 Å². The van der Waals surface area contributed by atoms with Gasteiger partial charge in [0, 0.05) is 4.47 Å². The number of thiol groups is 1. The lowest BCUT2D eigenvalue weighted by Gasteiger charge is -2.16. The van der Waals surface area contributed by atoms with E-state index in [0.717, 1.165) is 10.0 Å². The summed E-state index contributed by atoms with van der Waals surface area (Å²) in [6.07, 6.45) is 0. The molecule has 3 nitrogen and oxygen atoms in total. The second kappa shape index (κ2) is 4.82. The summed E-state index contributed by atoms with van der Waals surface area (Å²) in [5, 5.41) is 8.20. The summed E-state index contributed by atoms with van der Waals surface area (Å²) in [5.41, 5.74) is 6.25. The molecule has 0 fully saturated rings. The molecule has 2 atom stereocenters. The van der Waals surface area contributed by atoms with Crippen LogP contribution in [0.2, 0.25) is 0 Å². The highest BCUT2D eigenvalue weighted by Crippen LogP contribution is 2.29. The van der Waals surface area contributed by atoms with Gasteiger partial charge >= 0.3 is 5.97 Å². The van der Waals surface area contributed by atoms with Crippen molar-refractivity contribution < 1.29 is 9.90 Å². The highest BCUT2D eigenvalue weighted by molar-refractivity contribution is 9.10. The van der Waals surface area contributed by atoms with E-state index in [0.29, 0.717) is 0 Å². The Balaban J connectivity index is 2.94. The monoisotopic (exact) mass is 275 g/mol. The van der Waals surface area contributed by atoms with Crippen molar-refractivity contribution >= 4 is 34.5 Å². The Kier molecular flexibility index (Phi) is 3.97. The molecule has 0 aliphatic heterocycles. The van der Waals surface area contributed by atoms with Crippen molar-refractivity contribution in [1.29, 1.82) is 0 Å². The molecule has 2 unspecified atom stereocenters. The molecule has 14 heavy (non-hydrogen) atoms. The Bertz CT molecular complexity index is 345. The molecule has 1 rings (SSSR count). The van der Waals surface area contributed by atoms with Crippen molar-refractivity contribution in [2.45, 2.75) is 11.3 Å². The van der Waals surface area contributed by atoms with Crippen molar-refractivity contribution in [1.82, 2.24) is 0 Å². The van der Waals surface area contributed by atoms with E-state index in [1.807, 2.05) is 18.2 Å². The fourth-order valence-corrected chi connectivity index (χ4v) is 2.10. The first-order chi connectivity index (χ1) is 6.54. The predicted molar refractivity (Wildman–Crippen MR) is 61.5 cm³/mol. The molecule has 0 saturated heterocycles. The second-order valence-electron chi connectivity index (χ2n) is 2.83. The molecule has 0 amide bonds. The molecule has 0 aliphatic carbocycles. The molecule has 1 aromatic carbocycles. The average Bonchev–Trinajstić information content (AvgIpc) is 2.16. The highest BCUT2D eigenvalue weighted by atomic mass is 79.9. The molecular weight excluding hydrogens is 266 g/mol. The number of benzene rings is 1. The molecule has 0 bridgehead atoms. The zero-order valence-electron chi connectivity index (χ0n) is 7.22. The van der Waals surface area contributed by atoms with Crippen molar-refractivity contribution in [2.75, 3.05) is 0 Å². The summed E-state index contributed by atoms with van der Waals surface area (Å²) in [7, 11) is 0. The van der Waals surface area contributed by atoms with Gasteiger partial charge in [-0.05, 0) is 11.6 Å². The molecule has 0 heterocycles. The maximum absolute atomic E-state index is 10.6. The van der Waals surface area contributed by atoms with Crippen molar-refractivity contribution in [2.24, 2.45) is 5.73 Å². The van der Waals surface area contributed by atoms with Crippen LogP contribution in [0.3, 0.4) is 0 Å². The lowest BCUT2D eigenvalue weighted by Crippen LogP contribution is -2.34. The fraction of sp³-hybridized carbons (Fsp3) is 0.222. The maximum Gasteiger partial charge on any atom is 0.321 e. The lowest BCUT2D eigenvalue weighted by atomic mass is 10.1. The van der Waals surface area contributed by atoms with Crippen LogP contribution in [0.1, 0.15) is 10.8 Å². The van der Waals surface area contributed by atoms with Crippen LogP contribution in [0.4, 0.5) is 0 Å². The normalized spacial score (nSPS) is 14.8. The zero-order valence-corrected chi connectivity index (χ0v) is 9.70. The summed E-state index contributed by atoms with van der Waals surface area (Å²) in [6, 6.07) is 6.28. The van der Waals surface area contributed by atoms with Crippen LogP contribution in [0.5, 0.6) is 0 Å². The molecule has 0 saturated carbocycles. The van der Waals surface area contributed by atoms with Gasteiger partial charge in [0.15, 0.2) is 0 Å². The van der Waals surface area contributed by atoms with Crippen LogP contribution < -0.4 is 5.73 Å². The number of carbonyl (C=O) groups is 1. The van der Waals surface area contributed by atoms with Gasteiger partial charge in [-0.15, -0.1) is 0 Å².